The first-order valence-corrected chi connectivity index (χ1v) is 9.00. The third-order valence-electron chi connectivity index (χ3n) is 3.20. The molecule has 1 aromatic carbocycles. The fourth-order valence-corrected chi connectivity index (χ4v) is 3.96. The molecule has 0 amide bonds. The molecular formula is C15H19NO3S2. The van der Waals surface area contributed by atoms with Gasteiger partial charge in [-0.05, 0) is 55.0 Å². The van der Waals surface area contributed by atoms with Gasteiger partial charge in [-0.25, -0.2) is 13.1 Å². The van der Waals surface area contributed by atoms with E-state index in [1.807, 2.05) is 19.9 Å². The standard InChI is InChI=1S/C15H19NO3S2/c1-11-9-13(3)14(10-12(11)2)19-7-6-16-21(17,18)15-5-4-8-20-15/h4-5,8-10,16H,6-7H2,1-3H3. The Bertz CT molecular complexity index is 707. The van der Waals surface area contributed by atoms with Crippen molar-refractivity contribution < 1.29 is 13.2 Å². The quantitative estimate of drug-likeness (QED) is 0.831. The van der Waals surface area contributed by atoms with Gasteiger partial charge in [0.25, 0.3) is 0 Å². The summed E-state index contributed by atoms with van der Waals surface area (Å²) in [5.74, 6) is 0.799. The zero-order chi connectivity index (χ0) is 15.5. The van der Waals surface area contributed by atoms with E-state index in [9.17, 15) is 8.42 Å². The van der Waals surface area contributed by atoms with E-state index in [-0.39, 0.29) is 6.54 Å². The molecule has 0 saturated carbocycles. The van der Waals surface area contributed by atoms with Crippen LogP contribution in [0.4, 0.5) is 0 Å². The maximum absolute atomic E-state index is 11.9. The van der Waals surface area contributed by atoms with E-state index in [4.69, 9.17) is 4.74 Å². The number of hydrogen-bond donors (Lipinski definition) is 1. The Labute approximate surface area is 129 Å². The Hall–Kier alpha value is -1.37. The van der Waals surface area contributed by atoms with Crippen molar-refractivity contribution in [3.8, 4) is 5.75 Å². The summed E-state index contributed by atoms with van der Waals surface area (Å²) in [5.41, 5.74) is 3.44. The molecule has 0 saturated heterocycles. The van der Waals surface area contributed by atoms with Crippen LogP contribution in [-0.4, -0.2) is 21.6 Å². The first-order valence-electron chi connectivity index (χ1n) is 6.64. The lowest BCUT2D eigenvalue weighted by Crippen LogP contribution is -2.27. The van der Waals surface area contributed by atoms with Gasteiger partial charge in [-0.3, -0.25) is 0 Å². The Morgan fingerprint density at radius 1 is 1.14 bits per heavy atom. The molecule has 0 fully saturated rings. The van der Waals surface area contributed by atoms with Gasteiger partial charge >= 0.3 is 0 Å². The summed E-state index contributed by atoms with van der Waals surface area (Å²) in [6.45, 7) is 6.61. The van der Waals surface area contributed by atoms with Gasteiger partial charge in [-0.2, -0.15) is 0 Å². The molecule has 1 N–H and O–H groups in total. The molecular weight excluding hydrogens is 306 g/mol. The first kappa shape index (κ1) is 16.0. The Kier molecular flexibility index (Phi) is 5.03. The van der Waals surface area contributed by atoms with Crippen LogP contribution >= 0.6 is 11.3 Å². The molecule has 0 unspecified atom stereocenters. The van der Waals surface area contributed by atoms with Crippen LogP contribution in [0, 0.1) is 20.8 Å². The van der Waals surface area contributed by atoms with E-state index in [0.717, 1.165) is 16.9 Å². The van der Waals surface area contributed by atoms with Crippen LogP contribution in [0.5, 0.6) is 5.75 Å². The van der Waals surface area contributed by atoms with E-state index in [2.05, 4.69) is 17.7 Å². The minimum absolute atomic E-state index is 0.243. The molecule has 2 rings (SSSR count). The molecule has 2 aromatic rings. The lowest BCUT2D eigenvalue weighted by molar-refractivity contribution is 0.320. The zero-order valence-corrected chi connectivity index (χ0v) is 14.0. The zero-order valence-electron chi connectivity index (χ0n) is 12.3. The predicted molar refractivity (Wildman–Crippen MR) is 85.7 cm³/mol. The Morgan fingerprint density at radius 3 is 2.52 bits per heavy atom. The van der Waals surface area contributed by atoms with Crippen molar-refractivity contribution in [2.24, 2.45) is 0 Å². The lowest BCUT2D eigenvalue weighted by atomic mass is 10.1. The summed E-state index contributed by atoms with van der Waals surface area (Å²) < 4.78 is 32.3. The Morgan fingerprint density at radius 2 is 1.86 bits per heavy atom. The molecule has 0 bridgehead atoms. The molecule has 114 valence electrons. The minimum Gasteiger partial charge on any atom is -0.492 e. The van der Waals surface area contributed by atoms with Gasteiger partial charge < -0.3 is 4.74 Å². The van der Waals surface area contributed by atoms with Crippen LogP contribution in [0.3, 0.4) is 0 Å². The van der Waals surface area contributed by atoms with Crippen LogP contribution in [-0.2, 0) is 10.0 Å². The van der Waals surface area contributed by atoms with Crippen LogP contribution in [0.25, 0.3) is 0 Å². The molecule has 0 atom stereocenters. The predicted octanol–water partition coefficient (Wildman–Crippen LogP) is 3.03. The SMILES string of the molecule is Cc1cc(C)c(OCCNS(=O)(=O)c2cccs2)cc1C. The van der Waals surface area contributed by atoms with E-state index >= 15 is 0 Å². The third kappa shape index (κ3) is 4.06. The average Bonchev–Trinajstić information content (AvgIpc) is 2.95. The molecule has 6 heteroatoms. The van der Waals surface area contributed by atoms with Crippen molar-refractivity contribution in [1.29, 1.82) is 0 Å². The maximum Gasteiger partial charge on any atom is 0.250 e. The number of thiophene rings is 1. The summed E-state index contributed by atoms with van der Waals surface area (Å²) in [6.07, 6.45) is 0. The van der Waals surface area contributed by atoms with Gasteiger partial charge in [0.1, 0.15) is 16.6 Å². The van der Waals surface area contributed by atoms with E-state index < -0.39 is 10.0 Å². The number of rotatable bonds is 6. The minimum atomic E-state index is -3.41. The number of benzene rings is 1. The smallest absolute Gasteiger partial charge is 0.250 e. The number of ether oxygens (including phenoxy) is 1. The molecule has 4 nitrogen and oxygen atoms in total. The Balaban J connectivity index is 1.90. The van der Waals surface area contributed by atoms with Crippen molar-refractivity contribution in [2.75, 3.05) is 13.2 Å². The van der Waals surface area contributed by atoms with Gasteiger partial charge in [0.05, 0.1) is 0 Å². The van der Waals surface area contributed by atoms with Crippen molar-refractivity contribution in [2.45, 2.75) is 25.0 Å². The topological polar surface area (TPSA) is 55.4 Å². The van der Waals surface area contributed by atoms with Gasteiger partial charge in [0.15, 0.2) is 0 Å². The highest BCUT2D eigenvalue weighted by Crippen LogP contribution is 2.22. The van der Waals surface area contributed by atoms with Crippen molar-refractivity contribution in [3.63, 3.8) is 0 Å². The van der Waals surface area contributed by atoms with Crippen molar-refractivity contribution in [1.82, 2.24) is 4.72 Å². The molecule has 0 aliphatic heterocycles. The molecule has 0 aliphatic rings. The van der Waals surface area contributed by atoms with Crippen molar-refractivity contribution in [3.05, 3.63) is 46.3 Å². The highest BCUT2D eigenvalue weighted by Gasteiger charge is 2.14. The van der Waals surface area contributed by atoms with Crippen LogP contribution in [0.15, 0.2) is 33.9 Å². The molecule has 21 heavy (non-hydrogen) atoms. The summed E-state index contributed by atoms with van der Waals surface area (Å²) >= 11 is 1.20. The number of hydrogen-bond acceptors (Lipinski definition) is 4. The molecule has 1 aromatic heterocycles. The summed E-state index contributed by atoms with van der Waals surface area (Å²) in [5, 5.41) is 1.74. The highest BCUT2D eigenvalue weighted by atomic mass is 32.2. The summed E-state index contributed by atoms with van der Waals surface area (Å²) in [4.78, 5) is 0. The highest BCUT2D eigenvalue weighted by molar-refractivity contribution is 7.91. The first-order chi connectivity index (χ1) is 9.90. The second-order valence-electron chi connectivity index (χ2n) is 4.88. The van der Waals surface area contributed by atoms with Gasteiger partial charge in [-0.1, -0.05) is 12.1 Å². The number of nitrogens with one attached hydrogen (secondary N) is 1. The van der Waals surface area contributed by atoms with Gasteiger partial charge in [0, 0.05) is 6.54 Å². The van der Waals surface area contributed by atoms with E-state index in [1.54, 1.807) is 17.5 Å². The third-order valence-corrected chi connectivity index (χ3v) is 6.06. The second kappa shape index (κ2) is 6.60. The van der Waals surface area contributed by atoms with E-state index in [1.165, 1.54) is 16.9 Å². The summed E-state index contributed by atoms with van der Waals surface area (Å²) in [7, 11) is -3.41. The summed E-state index contributed by atoms with van der Waals surface area (Å²) in [6, 6.07) is 7.36. The second-order valence-corrected chi connectivity index (χ2v) is 7.82. The molecule has 0 aliphatic carbocycles. The average molecular weight is 325 g/mol. The van der Waals surface area contributed by atoms with Crippen molar-refractivity contribution >= 4 is 21.4 Å². The normalized spacial score (nSPS) is 11.6. The fraction of sp³-hybridized carbons (Fsp3) is 0.333. The maximum atomic E-state index is 11.9. The van der Waals surface area contributed by atoms with Gasteiger partial charge in [0.2, 0.25) is 10.0 Å². The van der Waals surface area contributed by atoms with Crippen LogP contribution in [0.2, 0.25) is 0 Å². The fourth-order valence-electron chi connectivity index (χ4n) is 1.91. The van der Waals surface area contributed by atoms with Crippen LogP contribution in [0.1, 0.15) is 16.7 Å². The number of sulfonamides is 1. The molecule has 1 heterocycles. The lowest BCUT2D eigenvalue weighted by Gasteiger charge is -2.12. The largest absolute Gasteiger partial charge is 0.492 e. The number of aryl methyl sites for hydroxylation is 3. The van der Waals surface area contributed by atoms with Gasteiger partial charge in [-0.15, -0.1) is 11.3 Å². The molecule has 0 radical (unpaired) electrons. The van der Waals surface area contributed by atoms with Crippen LogP contribution < -0.4 is 9.46 Å². The molecule has 0 spiro atoms. The van der Waals surface area contributed by atoms with E-state index in [0.29, 0.717) is 10.8 Å². The monoisotopic (exact) mass is 325 g/mol.